The van der Waals surface area contributed by atoms with Crippen LogP contribution in [-0.2, 0) is 6.54 Å². The summed E-state index contributed by atoms with van der Waals surface area (Å²) in [5, 5.41) is 6.20. The summed E-state index contributed by atoms with van der Waals surface area (Å²) >= 11 is 0. The van der Waals surface area contributed by atoms with Crippen LogP contribution in [0.3, 0.4) is 0 Å². The van der Waals surface area contributed by atoms with E-state index in [2.05, 4.69) is 20.6 Å². The van der Waals surface area contributed by atoms with Gasteiger partial charge in [-0.3, -0.25) is 19.4 Å². The lowest BCUT2D eigenvalue weighted by molar-refractivity contribution is 0.0949. The van der Waals surface area contributed by atoms with Crippen LogP contribution < -0.4 is 16.2 Å². The maximum Gasteiger partial charge on any atom is 0.256 e. The van der Waals surface area contributed by atoms with Gasteiger partial charge in [-0.2, -0.15) is 0 Å². The number of anilines is 1. The number of amides is 2. The highest BCUT2D eigenvalue weighted by molar-refractivity contribution is 6.12. The molecule has 0 unspecified atom stereocenters. The van der Waals surface area contributed by atoms with Crippen LogP contribution in [0.4, 0.5) is 5.69 Å². The quantitative estimate of drug-likeness (QED) is 0.480. The van der Waals surface area contributed by atoms with Crippen LogP contribution >= 0.6 is 0 Å². The van der Waals surface area contributed by atoms with Gasteiger partial charge in [-0.1, -0.05) is 30.3 Å². The van der Waals surface area contributed by atoms with Crippen LogP contribution in [0.2, 0.25) is 0 Å². The first-order valence-electron chi connectivity index (χ1n) is 9.32. The predicted octanol–water partition coefficient (Wildman–Crippen LogP) is 3.11. The van der Waals surface area contributed by atoms with Crippen LogP contribution in [0.1, 0.15) is 26.4 Å². The largest absolute Gasteiger partial charge is 0.346 e. The summed E-state index contributed by atoms with van der Waals surface area (Å²) in [6.07, 6.45) is 1.66. The van der Waals surface area contributed by atoms with Crippen molar-refractivity contribution < 1.29 is 9.59 Å². The third kappa shape index (κ3) is 4.25. The molecule has 0 atom stereocenters. The van der Waals surface area contributed by atoms with E-state index >= 15 is 0 Å². The van der Waals surface area contributed by atoms with Crippen LogP contribution in [0.25, 0.3) is 10.9 Å². The molecule has 3 N–H and O–H groups in total. The summed E-state index contributed by atoms with van der Waals surface area (Å²) in [6.45, 7) is 0.301. The second-order valence-electron chi connectivity index (χ2n) is 6.63. The van der Waals surface area contributed by atoms with Crippen molar-refractivity contribution in [1.29, 1.82) is 0 Å². The summed E-state index contributed by atoms with van der Waals surface area (Å²) in [6, 6.07) is 20.4. The number of hydrogen-bond donors (Lipinski definition) is 3. The first-order chi connectivity index (χ1) is 14.6. The number of para-hydroxylation sites is 1. The van der Waals surface area contributed by atoms with Crippen molar-refractivity contribution in [3.63, 3.8) is 0 Å². The molecular formula is C23H18N4O3. The molecule has 7 nitrogen and oxygen atoms in total. The molecule has 7 heteroatoms. The highest BCUT2D eigenvalue weighted by Gasteiger charge is 2.13. The van der Waals surface area contributed by atoms with E-state index in [1.807, 2.05) is 12.1 Å². The molecule has 30 heavy (non-hydrogen) atoms. The number of aromatic amines is 1. The van der Waals surface area contributed by atoms with Crippen molar-refractivity contribution in [1.82, 2.24) is 15.3 Å². The minimum absolute atomic E-state index is 0.263. The monoisotopic (exact) mass is 398 g/mol. The van der Waals surface area contributed by atoms with Gasteiger partial charge in [-0.25, -0.2) is 0 Å². The van der Waals surface area contributed by atoms with E-state index < -0.39 is 5.91 Å². The van der Waals surface area contributed by atoms with Crippen molar-refractivity contribution in [2.24, 2.45) is 0 Å². The van der Waals surface area contributed by atoms with E-state index in [0.717, 1.165) is 5.69 Å². The minimum atomic E-state index is -0.427. The number of aromatic nitrogens is 2. The maximum absolute atomic E-state index is 12.8. The van der Waals surface area contributed by atoms with Crippen molar-refractivity contribution in [2.75, 3.05) is 5.32 Å². The number of hydrogen-bond acceptors (Lipinski definition) is 4. The van der Waals surface area contributed by atoms with Crippen LogP contribution in [0.5, 0.6) is 0 Å². The Bertz CT molecular complexity index is 1280. The second-order valence-corrected chi connectivity index (χ2v) is 6.63. The van der Waals surface area contributed by atoms with Crippen molar-refractivity contribution in [3.8, 4) is 0 Å². The van der Waals surface area contributed by atoms with Gasteiger partial charge in [0, 0.05) is 34.4 Å². The zero-order chi connectivity index (χ0) is 20.9. The van der Waals surface area contributed by atoms with E-state index in [9.17, 15) is 14.4 Å². The first kappa shape index (κ1) is 19.1. The molecule has 4 rings (SSSR count). The Morgan fingerprint density at radius 1 is 0.900 bits per heavy atom. The van der Waals surface area contributed by atoms with Gasteiger partial charge in [0.05, 0.1) is 17.8 Å². The molecule has 0 bridgehead atoms. The lowest BCUT2D eigenvalue weighted by Gasteiger charge is -2.10. The number of pyridine rings is 2. The number of benzene rings is 2. The Balaban J connectivity index is 1.51. The molecule has 0 aliphatic rings. The van der Waals surface area contributed by atoms with Crippen molar-refractivity contribution in [3.05, 3.63) is 106 Å². The molecule has 4 aromatic rings. The molecular weight excluding hydrogens is 380 g/mol. The van der Waals surface area contributed by atoms with E-state index in [4.69, 9.17) is 0 Å². The number of H-pyrrole nitrogens is 1. The van der Waals surface area contributed by atoms with Crippen LogP contribution in [0, 0.1) is 0 Å². The molecule has 0 radical (unpaired) electrons. The summed E-state index contributed by atoms with van der Waals surface area (Å²) in [5.41, 5.74) is 2.09. The highest BCUT2D eigenvalue weighted by Crippen LogP contribution is 2.17. The molecule has 0 fully saturated rings. The molecule has 0 saturated carbocycles. The Morgan fingerprint density at radius 2 is 1.73 bits per heavy atom. The maximum atomic E-state index is 12.8. The van der Waals surface area contributed by atoms with Gasteiger partial charge < -0.3 is 15.6 Å². The number of carbonyl (C=O) groups excluding carboxylic acids is 2. The lowest BCUT2D eigenvalue weighted by Crippen LogP contribution is -2.23. The van der Waals surface area contributed by atoms with Gasteiger partial charge in [0.1, 0.15) is 0 Å². The average molecular weight is 398 g/mol. The number of rotatable bonds is 5. The van der Waals surface area contributed by atoms with E-state index in [0.29, 0.717) is 28.7 Å². The minimum Gasteiger partial charge on any atom is -0.346 e. The van der Waals surface area contributed by atoms with Gasteiger partial charge in [0.15, 0.2) is 0 Å². The normalized spacial score (nSPS) is 10.5. The standard InChI is InChI=1S/C23H18N4O3/c28-21-13-19(18-9-1-2-10-20(18)27-21)23(30)26-16-8-5-6-15(12-16)22(29)25-14-17-7-3-4-11-24-17/h1-13H,14H2,(H,25,29)(H,26,30)(H,27,28). The predicted molar refractivity (Wildman–Crippen MR) is 114 cm³/mol. The number of carbonyl (C=O) groups is 2. The Kier molecular flexibility index (Phi) is 5.34. The van der Waals surface area contributed by atoms with E-state index in [-0.39, 0.29) is 17.0 Å². The molecule has 0 spiro atoms. The van der Waals surface area contributed by atoms with Crippen LogP contribution in [-0.4, -0.2) is 21.8 Å². The Morgan fingerprint density at radius 3 is 2.57 bits per heavy atom. The van der Waals surface area contributed by atoms with Gasteiger partial charge in [-0.15, -0.1) is 0 Å². The SMILES string of the molecule is O=C(NCc1ccccn1)c1cccc(NC(=O)c2cc(=O)[nH]c3ccccc23)c1. The Hall–Kier alpha value is -4.26. The molecule has 148 valence electrons. The van der Waals surface area contributed by atoms with Gasteiger partial charge in [0.2, 0.25) is 5.56 Å². The van der Waals surface area contributed by atoms with Gasteiger partial charge in [0.25, 0.3) is 11.8 Å². The van der Waals surface area contributed by atoms with Crippen molar-refractivity contribution >= 4 is 28.4 Å². The number of nitrogens with zero attached hydrogens (tertiary/aromatic N) is 1. The molecule has 2 amide bonds. The van der Waals surface area contributed by atoms with E-state index in [1.54, 1.807) is 60.8 Å². The number of nitrogens with one attached hydrogen (secondary N) is 3. The fraction of sp³-hybridized carbons (Fsp3) is 0.0435. The average Bonchev–Trinajstić information content (AvgIpc) is 2.77. The summed E-state index contributed by atoms with van der Waals surface area (Å²) in [5.74, 6) is -0.707. The molecule has 0 aliphatic heterocycles. The smallest absolute Gasteiger partial charge is 0.256 e. The van der Waals surface area contributed by atoms with E-state index in [1.165, 1.54) is 6.07 Å². The molecule has 0 aliphatic carbocycles. The number of fused-ring (bicyclic) bond motifs is 1. The lowest BCUT2D eigenvalue weighted by atomic mass is 10.1. The Labute approximate surface area is 171 Å². The van der Waals surface area contributed by atoms with Crippen LogP contribution in [0.15, 0.2) is 83.8 Å². The summed E-state index contributed by atoms with van der Waals surface area (Å²) < 4.78 is 0. The third-order valence-corrected chi connectivity index (χ3v) is 4.53. The zero-order valence-electron chi connectivity index (χ0n) is 15.9. The zero-order valence-corrected chi connectivity index (χ0v) is 15.9. The second kappa shape index (κ2) is 8.40. The fourth-order valence-electron chi connectivity index (χ4n) is 3.10. The highest BCUT2D eigenvalue weighted by atomic mass is 16.2. The molecule has 2 aromatic heterocycles. The molecule has 2 aromatic carbocycles. The van der Waals surface area contributed by atoms with Gasteiger partial charge >= 0.3 is 0 Å². The molecule has 2 heterocycles. The summed E-state index contributed by atoms with van der Waals surface area (Å²) in [7, 11) is 0. The van der Waals surface area contributed by atoms with Crippen molar-refractivity contribution in [2.45, 2.75) is 6.54 Å². The first-order valence-corrected chi connectivity index (χ1v) is 9.32. The third-order valence-electron chi connectivity index (χ3n) is 4.53. The topological polar surface area (TPSA) is 104 Å². The molecule has 0 saturated heterocycles. The fourth-order valence-corrected chi connectivity index (χ4v) is 3.10. The van der Waals surface area contributed by atoms with Gasteiger partial charge in [-0.05, 0) is 36.4 Å². The summed E-state index contributed by atoms with van der Waals surface area (Å²) in [4.78, 5) is 44.0.